The fourth-order valence-electron chi connectivity index (χ4n) is 4.60. The largest absolute Gasteiger partial charge is 0.352 e. The van der Waals surface area contributed by atoms with Crippen LogP contribution in [0.3, 0.4) is 0 Å². The molecule has 9 heteroatoms. The molecule has 3 rings (SSSR count). The molecule has 0 fully saturated rings. The third-order valence-corrected chi connectivity index (χ3v) is 8.55. The quantitative estimate of drug-likeness (QED) is 0.256. The first-order chi connectivity index (χ1) is 19.5. The summed E-state index contributed by atoms with van der Waals surface area (Å²) in [6.45, 7) is 6.30. The number of hydrogen-bond acceptors (Lipinski definition) is 4. The minimum Gasteiger partial charge on any atom is -0.352 e. The SMILES string of the molecule is CC[C@H](C)NC(=O)[C@@H](Cc1ccccc1)N(Cc1ccccc1C)C(=O)CCCN(c1cccc(Cl)c1)S(C)(=O)=O. The Kier molecular flexibility index (Phi) is 11.8. The van der Waals surface area contributed by atoms with E-state index in [9.17, 15) is 18.0 Å². The second kappa shape index (κ2) is 15.0. The number of anilines is 1. The molecule has 0 aromatic heterocycles. The fourth-order valence-corrected chi connectivity index (χ4v) is 5.74. The van der Waals surface area contributed by atoms with Gasteiger partial charge in [0.05, 0.1) is 11.9 Å². The van der Waals surface area contributed by atoms with Gasteiger partial charge in [-0.05, 0) is 61.6 Å². The Labute approximate surface area is 249 Å². The van der Waals surface area contributed by atoms with Gasteiger partial charge in [0.25, 0.3) is 0 Å². The Bertz CT molecular complexity index is 1420. The van der Waals surface area contributed by atoms with Crippen LogP contribution in [0.4, 0.5) is 5.69 Å². The molecule has 0 aliphatic rings. The number of hydrogen-bond donors (Lipinski definition) is 1. The highest BCUT2D eigenvalue weighted by molar-refractivity contribution is 7.92. The lowest BCUT2D eigenvalue weighted by molar-refractivity contribution is -0.141. The zero-order valence-electron chi connectivity index (χ0n) is 24.2. The Morgan fingerprint density at radius 3 is 2.29 bits per heavy atom. The van der Waals surface area contributed by atoms with Crippen LogP contribution in [0.1, 0.15) is 49.8 Å². The number of carbonyl (C=O) groups excluding carboxylic acids is 2. The van der Waals surface area contributed by atoms with Gasteiger partial charge >= 0.3 is 0 Å². The molecule has 220 valence electrons. The van der Waals surface area contributed by atoms with Crippen molar-refractivity contribution < 1.29 is 18.0 Å². The van der Waals surface area contributed by atoms with E-state index in [0.29, 0.717) is 17.1 Å². The maximum atomic E-state index is 13.9. The summed E-state index contributed by atoms with van der Waals surface area (Å²) >= 11 is 6.11. The third kappa shape index (κ3) is 9.61. The van der Waals surface area contributed by atoms with Gasteiger partial charge in [0.15, 0.2) is 0 Å². The van der Waals surface area contributed by atoms with Crippen molar-refractivity contribution in [3.63, 3.8) is 0 Å². The molecule has 2 amide bonds. The Morgan fingerprint density at radius 1 is 0.976 bits per heavy atom. The highest BCUT2D eigenvalue weighted by Gasteiger charge is 2.31. The molecule has 7 nitrogen and oxygen atoms in total. The lowest BCUT2D eigenvalue weighted by Crippen LogP contribution is -2.52. The number of aryl methyl sites for hydroxylation is 1. The van der Waals surface area contributed by atoms with Crippen LogP contribution < -0.4 is 9.62 Å². The summed E-state index contributed by atoms with van der Waals surface area (Å²) in [7, 11) is -3.61. The first-order valence-corrected chi connectivity index (χ1v) is 16.1. The van der Waals surface area contributed by atoms with Gasteiger partial charge in [-0.3, -0.25) is 13.9 Å². The van der Waals surface area contributed by atoms with Crippen molar-refractivity contribution in [3.8, 4) is 0 Å². The average molecular weight is 598 g/mol. The molecule has 0 unspecified atom stereocenters. The van der Waals surface area contributed by atoms with Crippen LogP contribution in [0.15, 0.2) is 78.9 Å². The van der Waals surface area contributed by atoms with Crippen molar-refractivity contribution in [2.75, 3.05) is 17.1 Å². The van der Waals surface area contributed by atoms with Crippen molar-refractivity contribution in [2.45, 2.75) is 65.1 Å². The normalized spacial score (nSPS) is 12.8. The molecule has 0 aliphatic carbocycles. The summed E-state index contributed by atoms with van der Waals surface area (Å²) in [5, 5.41) is 3.50. The summed E-state index contributed by atoms with van der Waals surface area (Å²) < 4.78 is 26.5. The molecule has 0 saturated carbocycles. The lowest BCUT2D eigenvalue weighted by atomic mass is 10.0. The number of nitrogens with one attached hydrogen (secondary N) is 1. The molecule has 3 aromatic carbocycles. The molecule has 0 saturated heterocycles. The first-order valence-electron chi connectivity index (χ1n) is 13.9. The fraction of sp³-hybridized carbons (Fsp3) is 0.375. The van der Waals surface area contributed by atoms with Crippen LogP contribution in [-0.2, 0) is 32.6 Å². The number of amides is 2. The Morgan fingerprint density at radius 2 is 1.66 bits per heavy atom. The van der Waals surface area contributed by atoms with E-state index in [0.717, 1.165) is 29.4 Å². The molecular formula is C32H40ClN3O4S. The second-order valence-electron chi connectivity index (χ2n) is 10.4. The number of benzene rings is 3. The minimum atomic E-state index is -3.61. The molecule has 1 N–H and O–H groups in total. The predicted molar refractivity (Wildman–Crippen MR) is 166 cm³/mol. The van der Waals surface area contributed by atoms with E-state index in [4.69, 9.17) is 11.6 Å². The Hall–Kier alpha value is -3.36. The van der Waals surface area contributed by atoms with Crippen LogP contribution in [0.2, 0.25) is 5.02 Å². The van der Waals surface area contributed by atoms with Crippen LogP contribution in [0, 0.1) is 6.92 Å². The summed E-state index contributed by atoms with van der Waals surface area (Å²) in [4.78, 5) is 29.2. The van der Waals surface area contributed by atoms with Crippen molar-refractivity contribution in [2.24, 2.45) is 0 Å². The van der Waals surface area contributed by atoms with Gasteiger partial charge in [-0.1, -0.05) is 79.2 Å². The van der Waals surface area contributed by atoms with Gasteiger partial charge in [-0.2, -0.15) is 0 Å². The number of nitrogens with zero attached hydrogens (tertiary/aromatic N) is 2. The monoisotopic (exact) mass is 597 g/mol. The molecule has 2 atom stereocenters. The number of carbonyl (C=O) groups is 2. The zero-order valence-corrected chi connectivity index (χ0v) is 25.8. The van der Waals surface area contributed by atoms with E-state index in [-0.39, 0.29) is 43.8 Å². The molecule has 0 radical (unpaired) electrons. The summed E-state index contributed by atoms with van der Waals surface area (Å²) in [6.07, 6.45) is 2.60. The van der Waals surface area contributed by atoms with E-state index in [2.05, 4.69) is 5.32 Å². The number of sulfonamides is 1. The van der Waals surface area contributed by atoms with Crippen LogP contribution in [0.25, 0.3) is 0 Å². The molecule has 0 heterocycles. The van der Waals surface area contributed by atoms with E-state index in [1.54, 1.807) is 29.2 Å². The molecule has 0 bridgehead atoms. The second-order valence-corrected chi connectivity index (χ2v) is 12.7. The van der Waals surface area contributed by atoms with Gasteiger partial charge in [0, 0.05) is 37.0 Å². The third-order valence-electron chi connectivity index (χ3n) is 7.12. The predicted octanol–water partition coefficient (Wildman–Crippen LogP) is 5.75. The van der Waals surface area contributed by atoms with E-state index in [1.165, 1.54) is 4.31 Å². The summed E-state index contributed by atoms with van der Waals surface area (Å²) in [5.74, 6) is -0.421. The first kappa shape index (κ1) is 32.2. The molecule has 3 aromatic rings. The van der Waals surface area contributed by atoms with Gasteiger partial charge in [-0.15, -0.1) is 0 Å². The maximum absolute atomic E-state index is 13.9. The average Bonchev–Trinajstić information content (AvgIpc) is 2.93. The highest BCUT2D eigenvalue weighted by Crippen LogP contribution is 2.23. The van der Waals surface area contributed by atoms with Crippen molar-refractivity contribution in [1.29, 1.82) is 0 Å². The number of halogens is 1. The lowest BCUT2D eigenvalue weighted by Gasteiger charge is -2.33. The van der Waals surface area contributed by atoms with Crippen LogP contribution in [0.5, 0.6) is 0 Å². The van der Waals surface area contributed by atoms with Gasteiger partial charge in [0.1, 0.15) is 6.04 Å². The Balaban J connectivity index is 1.90. The molecular weight excluding hydrogens is 558 g/mol. The maximum Gasteiger partial charge on any atom is 0.243 e. The van der Waals surface area contributed by atoms with Crippen molar-refractivity contribution >= 4 is 39.1 Å². The molecule has 0 aliphatic heterocycles. The van der Waals surface area contributed by atoms with E-state index >= 15 is 0 Å². The van der Waals surface area contributed by atoms with Gasteiger partial charge in [-0.25, -0.2) is 8.42 Å². The number of rotatable bonds is 14. The van der Waals surface area contributed by atoms with Crippen molar-refractivity contribution in [1.82, 2.24) is 10.2 Å². The molecule has 0 spiro atoms. The van der Waals surface area contributed by atoms with E-state index in [1.807, 2.05) is 75.4 Å². The van der Waals surface area contributed by atoms with Crippen LogP contribution in [-0.4, -0.2) is 50.0 Å². The minimum absolute atomic E-state index is 0.0443. The smallest absolute Gasteiger partial charge is 0.243 e. The van der Waals surface area contributed by atoms with Crippen molar-refractivity contribution in [3.05, 3.63) is 101 Å². The summed E-state index contributed by atoms with van der Waals surface area (Å²) in [5.41, 5.74) is 3.37. The van der Waals surface area contributed by atoms with Gasteiger partial charge < -0.3 is 10.2 Å². The zero-order chi connectivity index (χ0) is 30.0. The standard InChI is InChI=1S/C32H40ClN3O4S/c1-5-25(3)34-32(38)30(21-26-14-7-6-8-15-26)35(23-27-16-10-9-13-24(27)2)31(37)19-12-20-36(41(4,39)40)29-18-11-17-28(33)22-29/h6-11,13-18,22,25,30H,5,12,19-21,23H2,1-4H3,(H,34,38)/t25-,30+/m0/s1. The molecule has 41 heavy (non-hydrogen) atoms. The van der Waals surface area contributed by atoms with Crippen LogP contribution >= 0.6 is 11.6 Å². The highest BCUT2D eigenvalue weighted by atomic mass is 35.5. The van der Waals surface area contributed by atoms with Gasteiger partial charge in [0.2, 0.25) is 21.8 Å². The topological polar surface area (TPSA) is 86.8 Å². The van der Waals surface area contributed by atoms with E-state index < -0.39 is 16.1 Å². The summed E-state index contributed by atoms with van der Waals surface area (Å²) in [6, 6.07) is 23.3.